The number of benzene rings is 2. The van der Waals surface area contributed by atoms with Gasteiger partial charge in [0.05, 0.1) is 17.0 Å². The van der Waals surface area contributed by atoms with E-state index in [1.165, 1.54) is 5.57 Å². The number of nitrogens with zero attached hydrogens (tertiary/aromatic N) is 1. The first-order valence-corrected chi connectivity index (χ1v) is 16.2. The second kappa shape index (κ2) is 8.93. The molecular weight excluding hydrogens is 548 g/mol. The molecule has 0 aliphatic heterocycles. The number of nitrogens with one attached hydrogen (secondary N) is 1. The van der Waals surface area contributed by atoms with Gasteiger partial charge in [-0.2, -0.15) is 5.26 Å². The summed E-state index contributed by atoms with van der Waals surface area (Å²) in [7, 11) is 0. The number of aromatic amines is 1. The summed E-state index contributed by atoms with van der Waals surface area (Å²) in [4.78, 5) is 16.0. The van der Waals surface area contributed by atoms with Crippen molar-refractivity contribution in [2.45, 2.75) is 97.8 Å². The number of carboxylic acid groups (broad SMARTS) is 1. The van der Waals surface area contributed by atoms with Gasteiger partial charge in [0, 0.05) is 28.4 Å². The lowest BCUT2D eigenvalue weighted by Crippen LogP contribution is -2.62. The van der Waals surface area contributed by atoms with Crippen molar-refractivity contribution in [3.8, 4) is 17.6 Å². The number of aromatic nitrogens is 1. The standard InChI is InChI=1S/C38H44N2O4/c1-21-31-24(25-20-40-27-8-7-22(19-39)15-23(25)27)16-29-36(4,26(31)17-28(41)32(21)42)12-14-38(6)30-18-35(3,33(43)44)10-9-34(30,2)11-13-37(29,38)5/h7-8,15-17,20,24,30,40-42H,9-14,18H2,1-6H3,(H,43,44)/t24?,30?,34-,35-,36+,37-,38+/m1/s1. The van der Waals surface area contributed by atoms with E-state index >= 15 is 0 Å². The average Bonchev–Trinajstić information content (AvgIpc) is 3.41. The van der Waals surface area contributed by atoms with Gasteiger partial charge in [-0.15, -0.1) is 0 Å². The van der Waals surface area contributed by atoms with E-state index in [-0.39, 0.29) is 45.0 Å². The fourth-order valence-electron chi connectivity index (χ4n) is 10.6. The molecule has 3 saturated carbocycles. The molecule has 3 fully saturated rings. The van der Waals surface area contributed by atoms with Gasteiger partial charge >= 0.3 is 5.97 Å². The average molecular weight is 593 g/mol. The molecule has 0 amide bonds. The number of rotatable bonds is 2. The van der Waals surface area contributed by atoms with Crippen LogP contribution in [0.4, 0.5) is 0 Å². The molecule has 0 radical (unpaired) electrons. The summed E-state index contributed by atoms with van der Waals surface area (Å²) in [6.07, 6.45) is 10.8. The molecule has 0 bridgehead atoms. The summed E-state index contributed by atoms with van der Waals surface area (Å²) in [6.45, 7) is 13.4. The van der Waals surface area contributed by atoms with Crippen LogP contribution in [0, 0.1) is 45.8 Å². The van der Waals surface area contributed by atoms with Crippen LogP contribution in [0.2, 0.25) is 0 Å². The minimum Gasteiger partial charge on any atom is -0.504 e. The molecule has 0 spiro atoms. The highest BCUT2D eigenvalue weighted by atomic mass is 16.4. The SMILES string of the molecule is Cc1c(O)c(O)cc2c1C(c1c[nH]c3ccc(C#N)cc13)C=C1[C@@]2(C)CC[C@@]2(C)C3C[C@](C)(C(=O)O)CC[C@]3(C)CC[C@]12C. The van der Waals surface area contributed by atoms with Crippen molar-refractivity contribution in [3.63, 3.8) is 0 Å². The Kier molecular flexibility index (Phi) is 5.89. The van der Waals surface area contributed by atoms with E-state index in [2.05, 4.69) is 44.8 Å². The molecule has 0 saturated heterocycles. The van der Waals surface area contributed by atoms with Crippen LogP contribution in [0.15, 0.2) is 42.1 Å². The number of nitriles is 1. The molecule has 7 rings (SSSR count). The number of carbonyl (C=O) groups is 1. The van der Waals surface area contributed by atoms with E-state index in [9.17, 15) is 25.4 Å². The monoisotopic (exact) mass is 592 g/mol. The molecule has 4 aliphatic rings. The zero-order valence-electron chi connectivity index (χ0n) is 26.8. The lowest BCUT2D eigenvalue weighted by atomic mass is 9.34. The smallest absolute Gasteiger partial charge is 0.309 e. The zero-order valence-corrected chi connectivity index (χ0v) is 26.8. The number of hydrogen-bond acceptors (Lipinski definition) is 4. The van der Waals surface area contributed by atoms with Crippen molar-refractivity contribution in [2.24, 2.45) is 27.6 Å². The summed E-state index contributed by atoms with van der Waals surface area (Å²) in [5.74, 6) is -0.765. The molecular formula is C38H44N2O4. The Bertz CT molecular complexity index is 1830. The predicted molar refractivity (Wildman–Crippen MR) is 171 cm³/mol. The third-order valence-corrected chi connectivity index (χ3v) is 13.8. The van der Waals surface area contributed by atoms with Crippen LogP contribution in [0.25, 0.3) is 10.9 Å². The maximum atomic E-state index is 12.6. The van der Waals surface area contributed by atoms with E-state index in [4.69, 9.17) is 0 Å². The maximum Gasteiger partial charge on any atom is 0.309 e. The first-order valence-electron chi connectivity index (χ1n) is 16.2. The minimum atomic E-state index is -0.717. The first-order chi connectivity index (χ1) is 20.6. The quantitative estimate of drug-likeness (QED) is 0.176. The van der Waals surface area contributed by atoms with Crippen LogP contribution >= 0.6 is 0 Å². The van der Waals surface area contributed by atoms with Crippen molar-refractivity contribution in [1.82, 2.24) is 4.98 Å². The Morgan fingerprint density at radius 1 is 1.00 bits per heavy atom. The topological polar surface area (TPSA) is 117 Å². The number of aromatic hydroxyl groups is 2. The third kappa shape index (κ3) is 3.50. The summed E-state index contributed by atoms with van der Waals surface area (Å²) in [5, 5.41) is 43.0. The first kappa shape index (κ1) is 29.0. The van der Waals surface area contributed by atoms with Crippen molar-refractivity contribution >= 4 is 16.9 Å². The second-order valence-corrected chi connectivity index (χ2v) is 15.9. The summed E-state index contributed by atoms with van der Waals surface area (Å²) in [5.41, 5.74) is 5.49. The summed E-state index contributed by atoms with van der Waals surface area (Å²) >= 11 is 0. The number of phenolic OH excluding ortho intramolecular Hbond substituents is 2. The molecule has 2 aromatic carbocycles. The summed E-state index contributed by atoms with van der Waals surface area (Å²) < 4.78 is 0. The Morgan fingerprint density at radius 3 is 2.43 bits per heavy atom. The molecule has 6 nitrogen and oxygen atoms in total. The van der Waals surface area contributed by atoms with E-state index < -0.39 is 11.4 Å². The highest BCUT2D eigenvalue weighted by molar-refractivity contribution is 5.86. The Morgan fingerprint density at radius 2 is 1.73 bits per heavy atom. The maximum absolute atomic E-state index is 12.6. The van der Waals surface area contributed by atoms with Crippen LogP contribution in [0.5, 0.6) is 11.5 Å². The van der Waals surface area contributed by atoms with Gasteiger partial charge in [-0.05, 0) is 127 Å². The number of fused-ring (bicyclic) bond motifs is 8. The number of carboxylic acids is 1. The van der Waals surface area contributed by atoms with Crippen LogP contribution in [-0.2, 0) is 10.2 Å². The second-order valence-electron chi connectivity index (χ2n) is 15.9. The predicted octanol–water partition coefficient (Wildman–Crippen LogP) is 8.59. The van der Waals surface area contributed by atoms with Gasteiger partial charge in [-0.1, -0.05) is 39.3 Å². The fourth-order valence-corrected chi connectivity index (χ4v) is 10.6. The molecule has 1 heterocycles. The Hall–Kier alpha value is -3.72. The number of phenols is 2. The van der Waals surface area contributed by atoms with Crippen molar-refractivity contribution < 1.29 is 20.1 Å². The molecule has 7 atom stereocenters. The third-order valence-electron chi connectivity index (χ3n) is 13.8. The largest absolute Gasteiger partial charge is 0.504 e. The van der Waals surface area contributed by atoms with Gasteiger partial charge in [0.25, 0.3) is 0 Å². The van der Waals surface area contributed by atoms with E-state index in [0.29, 0.717) is 17.5 Å². The molecule has 4 N–H and O–H groups in total. The fraction of sp³-hybridized carbons (Fsp3) is 0.526. The van der Waals surface area contributed by atoms with Crippen LogP contribution in [0.3, 0.4) is 0 Å². The van der Waals surface area contributed by atoms with Gasteiger partial charge in [0.15, 0.2) is 11.5 Å². The van der Waals surface area contributed by atoms with Crippen LogP contribution < -0.4 is 0 Å². The van der Waals surface area contributed by atoms with Gasteiger partial charge in [-0.25, -0.2) is 0 Å². The van der Waals surface area contributed by atoms with Crippen LogP contribution in [-0.4, -0.2) is 26.3 Å². The zero-order chi connectivity index (χ0) is 31.6. The van der Waals surface area contributed by atoms with Crippen LogP contribution in [0.1, 0.15) is 113 Å². The number of H-pyrrole nitrogens is 1. The Labute approximate surface area is 259 Å². The van der Waals surface area contributed by atoms with Crippen molar-refractivity contribution in [3.05, 3.63) is 69.9 Å². The molecule has 230 valence electrons. The van der Waals surface area contributed by atoms with E-state index in [1.807, 2.05) is 38.2 Å². The Balaban J connectivity index is 1.47. The molecule has 4 aliphatic carbocycles. The van der Waals surface area contributed by atoms with Crippen molar-refractivity contribution in [1.29, 1.82) is 5.26 Å². The molecule has 1 aromatic heterocycles. The van der Waals surface area contributed by atoms with Crippen molar-refractivity contribution in [2.75, 3.05) is 0 Å². The highest BCUT2D eigenvalue weighted by Crippen LogP contribution is 2.75. The van der Waals surface area contributed by atoms with Gasteiger partial charge in [0.2, 0.25) is 0 Å². The van der Waals surface area contributed by atoms with Gasteiger partial charge < -0.3 is 20.3 Å². The number of hydrogen-bond donors (Lipinski definition) is 4. The molecule has 3 aromatic rings. The number of aliphatic carboxylic acids is 1. The highest BCUT2D eigenvalue weighted by Gasteiger charge is 2.67. The molecule has 44 heavy (non-hydrogen) atoms. The lowest BCUT2D eigenvalue weighted by Gasteiger charge is -2.70. The van der Waals surface area contributed by atoms with E-state index in [0.717, 1.165) is 66.1 Å². The lowest BCUT2D eigenvalue weighted by molar-refractivity contribution is -0.177. The minimum absolute atomic E-state index is 0.0813. The molecule has 2 unspecified atom stereocenters. The van der Waals surface area contributed by atoms with Gasteiger partial charge in [-0.3, -0.25) is 4.79 Å². The van der Waals surface area contributed by atoms with Gasteiger partial charge in [0.1, 0.15) is 0 Å². The summed E-state index contributed by atoms with van der Waals surface area (Å²) in [6, 6.07) is 9.80. The normalized spacial score (nSPS) is 37.6. The molecule has 6 heteroatoms. The van der Waals surface area contributed by atoms with E-state index in [1.54, 1.807) is 6.07 Å². The number of allylic oxidation sites excluding steroid dienone is 2.